The maximum atomic E-state index is 6.00. The molecule has 1 aromatic heterocycles. The third-order valence-corrected chi connectivity index (χ3v) is 6.29. The Morgan fingerprint density at radius 3 is 2.40 bits per heavy atom. The van der Waals surface area contributed by atoms with Crippen LogP contribution in [0.15, 0.2) is 52.9 Å². The third kappa shape index (κ3) is 4.90. The second-order valence-corrected chi connectivity index (χ2v) is 8.35. The molecule has 0 unspecified atom stereocenters. The van der Waals surface area contributed by atoms with E-state index < -0.39 is 0 Å². The van der Waals surface area contributed by atoms with Gasteiger partial charge in [-0.1, -0.05) is 29.8 Å². The molecule has 158 valence electrons. The molecule has 1 aliphatic rings. The molecule has 0 N–H and O–H groups in total. The highest BCUT2D eigenvalue weighted by atomic mass is 16.5. The van der Waals surface area contributed by atoms with Crippen molar-refractivity contribution in [2.75, 3.05) is 20.2 Å². The molecule has 2 heterocycles. The number of hydrogen-bond donors (Lipinski definition) is 0. The molecule has 5 nitrogen and oxygen atoms in total. The molecule has 1 fully saturated rings. The van der Waals surface area contributed by atoms with E-state index in [1.165, 1.54) is 36.8 Å². The van der Waals surface area contributed by atoms with Crippen molar-refractivity contribution in [1.82, 2.24) is 15.1 Å². The van der Waals surface area contributed by atoms with Gasteiger partial charge in [-0.05, 0) is 88.4 Å². The minimum absolute atomic E-state index is 0.141. The van der Waals surface area contributed by atoms with Crippen LogP contribution in [0.2, 0.25) is 0 Å². The minimum Gasteiger partial charge on any atom is -0.497 e. The van der Waals surface area contributed by atoms with Crippen molar-refractivity contribution in [2.45, 2.75) is 45.6 Å². The van der Waals surface area contributed by atoms with Crippen molar-refractivity contribution in [3.63, 3.8) is 0 Å². The van der Waals surface area contributed by atoms with E-state index in [0.29, 0.717) is 11.8 Å². The van der Waals surface area contributed by atoms with Gasteiger partial charge >= 0.3 is 0 Å². The van der Waals surface area contributed by atoms with E-state index in [2.05, 4.69) is 53.2 Å². The van der Waals surface area contributed by atoms with Gasteiger partial charge in [0.05, 0.1) is 13.2 Å². The Bertz CT molecular complexity index is 926. The summed E-state index contributed by atoms with van der Waals surface area (Å²) < 4.78 is 11.2. The van der Waals surface area contributed by atoms with E-state index in [1.54, 1.807) is 7.11 Å². The smallest absolute Gasteiger partial charge is 0.247 e. The first-order chi connectivity index (χ1) is 14.6. The summed E-state index contributed by atoms with van der Waals surface area (Å²) in [6.07, 6.45) is 4.91. The highest BCUT2D eigenvalue weighted by Crippen LogP contribution is 2.30. The molecule has 0 spiro atoms. The summed E-state index contributed by atoms with van der Waals surface area (Å²) >= 11 is 0. The van der Waals surface area contributed by atoms with Gasteiger partial charge in [0, 0.05) is 5.56 Å². The number of aryl methyl sites for hydroxylation is 2. The molecule has 0 radical (unpaired) electrons. The van der Waals surface area contributed by atoms with Crippen LogP contribution in [0.1, 0.15) is 49.2 Å². The number of piperidine rings is 1. The molecule has 2 aromatic carbocycles. The standard InChI is InChI=1S/C25H31N3O2/c1-18-4-6-20(7-5-18)8-9-21-14-16-28(17-15-21)19(2)24-26-27-25(30-24)22-10-12-23(29-3)13-11-22/h4-7,10-13,19,21H,8-9,14-17H2,1-3H3/t19-/m1/s1. The van der Waals surface area contributed by atoms with Crippen molar-refractivity contribution in [3.05, 3.63) is 65.5 Å². The van der Waals surface area contributed by atoms with Gasteiger partial charge in [0.25, 0.3) is 0 Å². The van der Waals surface area contributed by atoms with E-state index >= 15 is 0 Å². The van der Waals surface area contributed by atoms with Crippen molar-refractivity contribution in [2.24, 2.45) is 5.92 Å². The van der Waals surface area contributed by atoms with Crippen LogP contribution in [0, 0.1) is 12.8 Å². The monoisotopic (exact) mass is 405 g/mol. The van der Waals surface area contributed by atoms with Gasteiger partial charge in [-0.2, -0.15) is 0 Å². The quantitative estimate of drug-likeness (QED) is 0.522. The first-order valence-electron chi connectivity index (χ1n) is 10.9. The Morgan fingerprint density at radius 2 is 1.73 bits per heavy atom. The van der Waals surface area contributed by atoms with Gasteiger partial charge in [0.1, 0.15) is 5.75 Å². The fourth-order valence-corrected chi connectivity index (χ4v) is 4.16. The fraction of sp³-hybridized carbons (Fsp3) is 0.440. The molecular weight excluding hydrogens is 374 g/mol. The predicted octanol–water partition coefficient (Wildman–Crippen LogP) is 5.46. The molecule has 3 aromatic rings. The van der Waals surface area contributed by atoms with Crippen molar-refractivity contribution < 1.29 is 9.15 Å². The molecule has 1 atom stereocenters. The Morgan fingerprint density at radius 1 is 1.03 bits per heavy atom. The Labute approximate surface area is 179 Å². The number of rotatable bonds is 7. The van der Waals surface area contributed by atoms with Crippen LogP contribution in [0.4, 0.5) is 0 Å². The summed E-state index contributed by atoms with van der Waals surface area (Å²) in [7, 11) is 1.66. The molecule has 0 bridgehead atoms. The molecule has 30 heavy (non-hydrogen) atoms. The van der Waals surface area contributed by atoms with E-state index in [4.69, 9.17) is 9.15 Å². The van der Waals surface area contributed by atoms with Crippen molar-refractivity contribution in [3.8, 4) is 17.2 Å². The topological polar surface area (TPSA) is 51.4 Å². The zero-order chi connectivity index (χ0) is 20.9. The summed E-state index contributed by atoms with van der Waals surface area (Å²) in [6.45, 7) is 6.47. The number of benzene rings is 2. The predicted molar refractivity (Wildman–Crippen MR) is 118 cm³/mol. The Balaban J connectivity index is 1.29. The van der Waals surface area contributed by atoms with Crippen LogP contribution >= 0.6 is 0 Å². The van der Waals surface area contributed by atoms with Gasteiger partial charge in [0.2, 0.25) is 11.8 Å². The first-order valence-corrected chi connectivity index (χ1v) is 10.9. The normalized spacial score (nSPS) is 16.5. The number of aromatic nitrogens is 2. The fourth-order valence-electron chi connectivity index (χ4n) is 4.16. The number of hydrogen-bond acceptors (Lipinski definition) is 5. The first kappa shape index (κ1) is 20.6. The Kier molecular flexibility index (Phi) is 6.48. The van der Waals surface area contributed by atoms with Crippen LogP contribution in [0.25, 0.3) is 11.5 Å². The van der Waals surface area contributed by atoms with Crippen molar-refractivity contribution in [1.29, 1.82) is 0 Å². The van der Waals surface area contributed by atoms with Gasteiger partial charge < -0.3 is 9.15 Å². The number of nitrogens with zero attached hydrogens (tertiary/aromatic N) is 3. The highest BCUT2D eigenvalue weighted by Gasteiger charge is 2.26. The maximum absolute atomic E-state index is 6.00. The average Bonchev–Trinajstić information content (AvgIpc) is 3.29. The zero-order valence-electron chi connectivity index (χ0n) is 18.2. The van der Waals surface area contributed by atoms with Crippen LogP contribution in [-0.4, -0.2) is 35.3 Å². The van der Waals surface area contributed by atoms with Crippen molar-refractivity contribution >= 4 is 0 Å². The number of ether oxygens (including phenoxy) is 1. The maximum Gasteiger partial charge on any atom is 0.247 e. The van der Waals surface area contributed by atoms with Gasteiger partial charge in [-0.25, -0.2) is 0 Å². The van der Waals surface area contributed by atoms with E-state index in [0.717, 1.165) is 30.3 Å². The van der Waals surface area contributed by atoms with Crippen LogP contribution in [-0.2, 0) is 6.42 Å². The second kappa shape index (κ2) is 9.43. The summed E-state index contributed by atoms with van der Waals surface area (Å²) in [5, 5.41) is 8.58. The Hall–Kier alpha value is -2.66. The zero-order valence-corrected chi connectivity index (χ0v) is 18.2. The van der Waals surface area contributed by atoms with Gasteiger partial charge in [-0.15, -0.1) is 10.2 Å². The van der Waals surface area contributed by atoms with E-state index in [-0.39, 0.29) is 6.04 Å². The molecule has 0 saturated carbocycles. The van der Waals surface area contributed by atoms with Crippen LogP contribution in [0.5, 0.6) is 5.75 Å². The van der Waals surface area contributed by atoms with Gasteiger partial charge in [0.15, 0.2) is 0 Å². The molecule has 0 aliphatic carbocycles. The lowest BCUT2D eigenvalue weighted by molar-refractivity contribution is 0.122. The molecule has 1 aliphatic heterocycles. The van der Waals surface area contributed by atoms with E-state index in [9.17, 15) is 0 Å². The summed E-state index contributed by atoms with van der Waals surface area (Å²) in [4.78, 5) is 2.47. The van der Waals surface area contributed by atoms with Gasteiger partial charge in [-0.3, -0.25) is 4.90 Å². The molecular formula is C25H31N3O2. The molecule has 0 amide bonds. The van der Waals surface area contributed by atoms with E-state index in [1.807, 2.05) is 24.3 Å². The minimum atomic E-state index is 0.141. The largest absolute Gasteiger partial charge is 0.497 e. The lowest BCUT2D eigenvalue weighted by atomic mass is 9.90. The summed E-state index contributed by atoms with van der Waals surface area (Å²) in [5.41, 5.74) is 3.70. The summed E-state index contributed by atoms with van der Waals surface area (Å²) in [5.74, 6) is 2.87. The molecule has 4 rings (SSSR count). The molecule has 5 heteroatoms. The highest BCUT2D eigenvalue weighted by molar-refractivity contribution is 5.53. The summed E-state index contributed by atoms with van der Waals surface area (Å²) in [6, 6.07) is 16.8. The van der Waals surface area contributed by atoms with Crippen LogP contribution in [0.3, 0.4) is 0 Å². The SMILES string of the molecule is COc1ccc(-c2nnc([C@@H](C)N3CCC(CCc4ccc(C)cc4)CC3)o2)cc1. The molecule has 1 saturated heterocycles. The number of methoxy groups -OCH3 is 1. The third-order valence-electron chi connectivity index (χ3n) is 6.29. The lowest BCUT2D eigenvalue weighted by Crippen LogP contribution is -2.36. The van der Waals surface area contributed by atoms with Crippen LogP contribution < -0.4 is 4.74 Å². The lowest BCUT2D eigenvalue weighted by Gasteiger charge is -2.34. The number of likely N-dealkylation sites (tertiary alicyclic amines) is 1. The average molecular weight is 406 g/mol. The second-order valence-electron chi connectivity index (χ2n) is 8.35.